The van der Waals surface area contributed by atoms with E-state index in [4.69, 9.17) is 18.9 Å². The van der Waals surface area contributed by atoms with E-state index in [0.29, 0.717) is 12.8 Å². The van der Waals surface area contributed by atoms with Crippen molar-refractivity contribution < 1.29 is 64.6 Å². The van der Waals surface area contributed by atoms with Gasteiger partial charge in [-0.05, 0) is 64.2 Å². The first-order chi connectivity index (χ1) is 29.6. The average molecular weight is 868 g/mol. The molecule has 2 aliphatic rings. The fourth-order valence-electron chi connectivity index (χ4n) is 7.06. The Kier molecular flexibility index (Phi) is 30.7. The summed E-state index contributed by atoms with van der Waals surface area (Å²) in [5.74, 6) is -0.270. The molecule has 0 spiro atoms. The van der Waals surface area contributed by atoms with E-state index in [1.54, 1.807) is 6.08 Å². The van der Waals surface area contributed by atoms with Crippen LogP contribution in [0, 0.1) is 0 Å². The zero-order valence-corrected chi connectivity index (χ0v) is 36.9. The molecule has 61 heavy (non-hydrogen) atoms. The number of carbonyl (C=O) groups excluding carboxylic acids is 1. The summed E-state index contributed by atoms with van der Waals surface area (Å²) in [7, 11) is 0. The number of aliphatic hydroxyl groups excluding tert-OH is 8. The lowest BCUT2D eigenvalue weighted by atomic mass is 9.97. The molecule has 0 aromatic rings. The van der Waals surface area contributed by atoms with Gasteiger partial charge in [0.15, 0.2) is 12.6 Å². The maximum absolute atomic E-state index is 13.1. The van der Waals surface area contributed by atoms with Gasteiger partial charge >= 0.3 is 0 Å². The van der Waals surface area contributed by atoms with E-state index >= 15 is 0 Å². The van der Waals surface area contributed by atoms with Crippen molar-refractivity contribution in [3.05, 3.63) is 60.8 Å². The van der Waals surface area contributed by atoms with Crippen LogP contribution in [0.5, 0.6) is 0 Å². The third kappa shape index (κ3) is 22.2. The van der Waals surface area contributed by atoms with Gasteiger partial charge in [-0.15, -0.1) is 0 Å². The Morgan fingerprint density at radius 1 is 0.590 bits per heavy atom. The minimum atomic E-state index is -1.79. The topological polar surface area (TPSA) is 228 Å². The summed E-state index contributed by atoms with van der Waals surface area (Å²) in [6.07, 6.45) is 22.9. The molecule has 2 fully saturated rings. The summed E-state index contributed by atoms with van der Waals surface area (Å²) in [5, 5.41) is 86.2. The fourth-order valence-corrected chi connectivity index (χ4v) is 7.06. The summed E-state index contributed by atoms with van der Waals surface area (Å²) < 4.78 is 22.5. The van der Waals surface area contributed by atoms with E-state index in [0.717, 1.165) is 77.0 Å². The predicted octanol–water partition coefficient (Wildman–Crippen LogP) is 4.71. The van der Waals surface area contributed by atoms with Crippen LogP contribution < -0.4 is 5.32 Å². The highest BCUT2D eigenvalue weighted by Crippen LogP contribution is 2.30. The van der Waals surface area contributed by atoms with Crippen LogP contribution >= 0.6 is 0 Å². The molecule has 2 heterocycles. The van der Waals surface area contributed by atoms with Crippen LogP contribution in [0.3, 0.4) is 0 Å². The molecule has 2 aliphatic heterocycles. The molecule has 9 N–H and O–H groups in total. The van der Waals surface area contributed by atoms with Gasteiger partial charge in [0.25, 0.3) is 0 Å². The molecule has 12 unspecified atom stereocenters. The third-order valence-corrected chi connectivity index (χ3v) is 10.9. The monoisotopic (exact) mass is 868 g/mol. The number of rotatable bonds is 33. The molecule has 14 heteroatoms. The van der Waals surface area contributed by atoms with E-state index < -0.39 is 86.8 Å². The van der Waals surface area contributed by atoms with Crippen molar-refractivity contribution in [2.45, 2.75) is 209 Å². The first-order valence-electron chi connectivity index (χ1n) is 23.0. The van der Waals surface area contributed by atoms with Crippen LogP contribution in [0.2, 0.25) is 0 Å². The molecule has 0 saturated carbocycles. The molecule has 2 rings (SSSR count). The summed E-state index contributed by atoms with van der Waals surface area (Å²) in [4.78, 5) is 13.1. The Morgan fingerprint density at radius 3 is 1.77 bits per heavy atom. The van der Waals surface area contributed by atoms with E-state index in [-0.39, 0.29) is 18.9 Å². The van der Waals surface area contributed by atoms with Gasteiger partial charge in [-0.25, -0.2) is 0 Å². The third-order valence-electron chi connectivity index (χ3n) is 10.9. The molecule has 14 nitrogen and oxygen atoms in total. The second kappa shape index (κ2) is 34.1. The standard InChI is InChI=1S/C47H81NO13/c1-3-5-7-9-11-13-14-15-16-17-18-19-20-21-22-23-25-27-29-31-39(52)48-35(36(51)30-28-26-24-12-10-8-6-4-2)34-58-46-44(57)42(55)45(38(33-50)60-46)61-47-43(56)41(54)40(53)37(32-49)59-47/h10-13,15-16,18-19,28,30,35-38,40-47,49-51,53-57H,3-9,14,17,20-27,29,31-34H2,1-2H3,(H,48,52)/b12-10+,13-11-,16-15-,19-18-,30-28+. The number of carbonyl (C=O) groups is 1. The summed E-state index contributed by atoms with van der Waals surface area (Å²) in [6, 6.07) is -0.937. The lowest BCUT2D eigenvalue weighted by molar-refractivity contribution is -0.359. The van der Waals surface area contributed by atoms with Crippen LogP contribution in [-0.4, -0.2) is 140 Å². The fraction of sp³-hybridized carbons (Fsp3) is 0.766. The number of amides is 1. The molecule has 352 valence electrons. The molecule has 1 amide bonds. The highest BCUT2D eigenvalue weighted by Gasteiger charge is 2.50. The second-order valence-corrected chi connectivity index (χ2v) is 16.2. The second-order valence-electron chi connectivity index (χ2n) is 16.2. The van der Waals surface area contributed by atoms with E-state index in [2.05, 4.69) is 67.8 Å². The number of nitrogens with one attached hydrogen (secondary N) is 1. The van der Waals surface area contributed by atoms with Gasteiger partial charge in [-0.1, -0.05) is 126 Å². The quantitative estimate of drug-likeness (QED) is 0.0322. The Labute approximate surface area is 365 Å². The van der Waals surface area contributed by atoms with Gasteiger partial charge in [0.1, 0.15) is 48.8 Å². The smallest absolute Gasteiger partial charge is 0.220 e. The predicted molar refractivity (Wildman–Crippen MR) is 235 cm³/mol. The van der Waals surface area contributed by atoms with Gasteiger partial charge in [0.2, 0.25) is 5.91 Å². The van der Waals surface area contributed by atoms with Crippen molar-refractivity contribution in [1.82, 2.24) is 5.32 Å². The number of hydrogen-bond donors (Lipinski definition) is 9. The number of hydrogen-bond acceptors (Lipinski definition) is 13. The van der Waals surface area contributed by atoms with E-state index in [1.165, 1.54) is 25.7 Å². The van der Waals surface area contributed by atoms with Crippen molar-refractivity contribution in [2.24, 2.45) is 0 Å². The SMILES string of the molecule is CCCC/C=C/CC/C=C/C(O)C(COC1OC(CO)C(OC2OC(CO)C(O)C(O)C2O)C(O)C1O)NC(=O)CCCCCCCC/C=C\C/C=C\C/C=C\CCCCC. The van der Waals surface area contributed by atoms with Crippen molar-refractivity contribution in [2.75, 3.05) is 19.8 Å². The molecular weight excluding hydrogens is 787 g/mol. The minimum absolute atomic E-state index is 0.255. The Bertz CT molecular complexity index is 1260. The molecular formula is C47H81NO13. The normalized spacial score (nSPS) is 28.6. The number of ether oxygens (including phenoxy) is 4. The molecule has 0 aromatic carbocycles. The number of unbranched alkanes of at least 4 members (excludes halogenated alkanes) is 12. The van der Waals surface area contributed by atoms with E-state index in [1.807, 2.05) is 6.08 Å². The van der Waals surface area contributed by atoms with Crippen LogP contribution in [0.15, 0.2) is 60.8 Å². The number of allylic oxidation sites excluding steroid dienone is 9. The van der Waals surface area contributed by atoms with Crippen molar-refractivity contribution in [3.63, 3.8) is 0 Å². The van der Waals surface area contributed by atoms with Crippen molar-refractivity contribution in [1.29, 1.82) is 0 Å². The van der Waals surface area contributed by atoms with Crippen LogP contribution in [0.1, 0.15) is 136 Å². The van der Waals surface area contributed by atoms with Crippen LogP contribution in [0.25, 0.3) is 0 Å². The zero-order chi connectivity index (χ0) is 44.7. The van der Waals surface area contributed by atoms with Crippen molar-refractivity contribution >= 4 is 5.91 Å². The van der Waals surface area contributed by atoms with Gasteiger partial charge in [-0.3, -0.25) is 4.79 Å². The Balaban J connectivity index is 1.84. The van der Waals surface area contributed by atoms with Crippen molar-refractivity contribution in [3.8, 4) is 0 Å². The first-order valence-corrected chi connectivity index (χ1v) is 23.0. The van der Waals surface area contributed by atoms with Gasteiger partial charge in [0.05, 0.1) is 32.0 Å². The highest BCUT2D eigenvalue weighted by atomic mass is 16.7. The number of aliphatic hydroxyl groups is 8. The van der Waals surface area contributed by atoms with Crippen LogP contribution in [0.4, 0.5) is 0 Å². The maximum atomic E-state index is 13.1. The largest absolute Gasteiger partial charge is 0.394 e. The lowest BCUT2D eigenvalue weighted by Gasteiger charge is -2.46. The molecule has 0 radical (unpaired) electrons. The molecule has 0 aliphatic carbocycles. The average Bonchev–Trinajstić information content (AvgIpc) is 3.26. The van der Waals surface area contributed by atoms with Gasteiger partial charge in [-0.2, -0.15) is 0 Å². The Morgan fingerprint density at radius 2 is 1.11 bits per heavy atom. The maximum Gasteiger partial charge on any atom is 0.220 e. The summed E-state index contributed by atoms with van der Waals surface area (Å²) >= 11 is 0. The zero-order valence-electron chi connectivity index (χ0n) is 36.9. The van der Waals surface area contributed by atoms with Gasteiger partial charge < -0.3 is 65.1 Å². The summed E-state index contributed by atoms with van der Waals surface area (Å²) in [6.45, 7) is 2.61. The van der Waals surface area contributed by atoms with E-state index in [9.17, 15) is 45.6 Å². The highest BCUT2D eigenvalue weighted by molar-refractivity contribution is 5.76. The first kappa shape index (κ1) is 54.8. The summed E-state index contributed by atoms with van der Waals surface area (Å²) in [5.41, 5.74) is 0. The Hall–Kier alpha value is -2.31. The molecule has 2 saturated heterocycles. The molecule has 0 aromatic heterocycles. The van der Waals surface area contributed by atoms with Gasteiger partial charge in [0, 0.05) is 6.42 Å². The lowest BCUT2D eigenvalue weighted by Crippen LogP contribution is -2.65. The minimum Gasteiger partial charge on any atom is -0.394 e. The van der Waals surface area contributed by atoms with Crippen LogP contribution in [-0.2, 0) is 23.7 Å². The molecule has 12 atom stereocenters. The molecule has 0 bridgehead atoms.